The molecule has 39 heavy (non-hydrogen) atoms. The Labute approximate surface area is 232 Å². The lowest BCUT2D eigenvalue weighted by Crippen LogP contribution is -2.45. The van der Waals surface area contributed by atoms with Crippen LogP contribution < -0.4 is 0 Å². The minimum atomic E-state index is -1.70. The van der Waals surface area contributed by atoms with E-state index in [2.05, 4.69) is 0 Å². The maximum Gasteiger partial charge on any atom is 0.318 e. The molecule has 4 rings (SSSR count). The van der Waals surface area contributed by atoms with E-state index in [1.807, 2.05) is 94.4 Å². The molecule has 0 radical (unpaired) electrons. The lowest BCUT2D eigenvalue weighted by atomic mass is 9.77. The largest absolute Gasteiger partial charge is 0.461 e. The van der Waals surface area contributed by atoms with Crippen molar-refractivity contribution in [3.8, 4) is 0 Å². The van der Waals surface area contributed by atoms with Gasteiger partial charge in [-0.3, -0.25) is 14.4 Å². The highest BCUT2D eigenvalue weighted by Crippen LogP contribution is 2.46. The van der Waals surface area contributed by atoms with E-state index in [0.29, 0.717) is 24.8 Å². The van der Waals surface area contributed by atoms with Gasteiger partial charge in [0, 0.05) is 11.8 Å². The normalized spacial score (nSPS) is 30.3. The van der Waals surface area contributed by atoms with Crippen molar-refractivity contribution in [1.82, 2.24) is 0 Å². The first-order chi connectivity index (χ1) is 18.4. The number of hydrogen-bond donors (Lipinski definition) is 1. The predicted octanol–water partition coefficient (Wildman–Crippen LogP) is 6.36. The van der Waals surface area contributed by atoms with Crippen LogP contribution in [0.5, 0.6) is 0 Å². The van der Waals surface area contributed by atoms with Gasteiger partial charge in [0.2, 0.25) is 0 Å². The maximum atomic E-state index is 13.9. The second kappa shape index (κ2) is 11.4. The van der Waals surface area contributed by atoms with Gasteiger partial charge in [0.1, 0.15) is 23.4 Å². The zero-order chi connectivity index (χ0) is 28.4. The first kappa shape index (κ1) is 28.7. The number of rotatable bonds is 4. The molecule has 2 aliphatic rings. The number of benzene rings is 2. The van der Waals surface area contributed by atoms with E-state index in [-0.39, 0.29) is 23.9 Å². The molecular weight excluding hydrogens is 488 g/mol. The SMILES string of the molecule is C/C1=C\[C@H]2[C@H](OC(=O)C(c3ccccc3)c3ccccc3)[C@@H](C)C[C@]2(O)C(=O)/C(C)=C/CC(C)(C)C(=O)CC1. The van der Waals surface area contributed by atoms with Gasteiger partial charge in [-0.15, -0.1) is 0 Å². The molecule has 0 unspecified atom stereocenters. The number of aliphatic hydroxyl groups is 1. The van der Waals surface area contributed by atoms with Crippen molar-refractivity contribution in [2.45, 2.75) is 77.9 Å². The highest BCUT2D eigenvalue weighted by Gasteiger charge is 2.56. The zero-order valence-electron chi connectivity index (χ0n) is 23.6. The van der Waals surface area contributed by atoms with Crippen molar-refractivity contribution in [2.24, 2.45) is 17.3 Å². The average molecular weight is 529 g/mol. The summed E-state index contributed by atoms with van der Waals surface area (Å²) in [7, 11) is 0. The van der Waals surface area contributed by atoms with Gasteiger partial charge in [-0.05, 0) is 55.7 Å². The van der Waals surface area contributed by atoms with E-state index in [1.54, 1.807) is 13.0 Å². The molecule has 1 N–H and O–H groups in total. The molecule has 1 saturated carbocycles. The highest BCUT2D eigenvalue weighted by molar-refractivity contribution is 6.02. The van der Waals surface area contributed by atoms with Crippen molar-refractivity contribution in [2.75, 3.05) is 0 Å². The Morgan fingerprint density at radius 1 is 0.949 bits per heavy atom. The second-order valence-electron chi connectivity index (χ2n) is 12.0. The molecule has 0 saturated heterocycles. The van der Waals surface area contributed by atoms with Crippen LogP contribution in [-0.2, 0) is 19.1 Å². The van der Waals surface area contributed by atoms with Crippen molar-refractivity contribution >= 4 is 17.5 Å². The highest BCUT2D eigenvalue weighted by atomic mass is 16.5. The topological polar surface area (TPSA) is 80.7 Å². The fraction of sp³-hybridized carbons (Fsp3) is 0.441. The second-order valence-corrected chi connectivity index (χ2v) is 12.0. The molecule has 0 bridgehead atoms. The Morgan fingerprint density at radius 3 is 2.08 bits per heavy atom. The van der Waals surface area contributed by atoms with Crippen LogP contribution in [0, 0.1) is 17.3 Å². The summed E-state index contributed by atoms with van der Waals surface area (Å²) in [5.74, 6) is -2.25. The van der Waals surface area contributed by atoms with Crippen LogP contribution in [0.2, 0.25) is 0 Å². The van der Waals surface area contributed by atoms with Crippen LogP contribution in [0.3, 0.4) is 0 Å². The Bertz CT molecular complexity index is 1230. The molecule has 206 valence electrons. The molecule has 0 amide bonds. The average Bonchev–Trinajstić information content (AvgIpc) is 3.15. The Kier molecular flexibility index (Phi) is 8.41. The molecule has 2 aromatic carbocycles. The summed E-state index contributed by atoms with van der Waals surface area (Å²) >= 11 is 0. The first-order valence-corrected chi connectivity index (χ1v) is 13.9. The van der Waals surface area contributed by atoms with Gasteiger partial charge in [-0.25, -0.2) is 0 Å². The number of carbonyl (C=O) groups is 3. The molecule has 0 heterocycles. The van der Waals surface area contributed by atoms with E-state index in [1.165, 1.54) is 0 Å². The van der Waals surface area contributed by atoms with Crippen LogP contribution >= 0.6 is 0 Å². The van der Waals surface area contributed by atoms with Crippen molar-refractivity contribution in [3.05, 3.63) is 95.1 Å². The number of esters is 1. The third-order valence-corrected chi connectivity index (χ3v) is 8.49. The zero-order valence-corrected chi connectivity index (χ0v) is 23.6. The monoisotopic (exact) mass is 528 g/mol. The molecule has 2 aromatic rings. The van der Waals surface area contributed by atoms with Crippen LogP contribution in [0.25, 0.3) is 0 Å². The van der Waals surface area contributed by atoms with Gasteiger partial charge in [-0.1, -0.05) is 99.2 Å². The van der Waals surface area contributed by atoms with E-state index < -0.39 is 34.9 Å². The van der Waals surface area contributed by atoms with Crippen LogP contribution in [0.15, 0.2) is 84.0 Å². The van der Waals surface area contributed by atoms with Gasteiger partial charge < -0.3 is 9.84 Å². The summed E-state index contributed by atoms with van der Waals surface area (Å²) in [6.45, 7) is 9.33. The summed E-state index contributed by atoms with van der Waals surface area (Å²) in [6.07, 6.45) is 4.47. The van der Waals surface area contributed by atoms with Gasteiger partial charge in [0.25, 0.3) is 0 Å². The summed E-state index contributed by atoms with van der Waals surface area (Å²) < 4.78 is 6.26. The van der Waals surface area contributed by atoms with Crippen molar-refractivity contribution in [1.29, 1.82) is 0 Å². The fourth-order valence-corrected chi connectivity index (χ4v) is 5.99. The quantitative estimate of drug-likeness (QED) is 0.369. The molecule has 5 heteroatoms. The fourth-order valence-electron chi connectivity index (χ4n) is 5.99. The molecule has 0 spiro atoms. The van der Waals surface area contributed by atoms with Crippen molar-refractivity contribution in [3.63, 3.8) is 0 Å². The molecule has 0 aromatic heterocycles. The number of hydrogen-bond acceptors (Lipinski definition) is 5. The van der Waals surface area contributed by atoms with E-state index in [0.717, 1.165) is 16.7 Å². The van der Waals surface area contributed by atoms with E-state index >= 15 is 0 Å². The molecule has 2 aliphatic carbocycles. The van der Waals surface area contributed by atoms with E-state index in [4.69, 9.17) is 4.74 Å². The molecular formula is C34H40O5. The molecule has 1 fully saturated rings. The molecule has 0 aliphatic heterocycles. The summed E-state index contributed by atoms with van der Waals surface area (Å²) in [5.41, 5.74) is 0.672. The van der Waals surface area contributed by atoms with Crippen LogP contribution in [-0.4, -0.2) is 34.3 Å². The summed E-state index contributed by atoms with van der Waals surface area (Å²) in [5, 5.41) is 12.0. The summed E-state index contributed by atoms with van der Waals surface area (Å²) in [6, 6.07) is 19.0. The standard InChI is InChI=1S/C34H40O5/c1-22-16-17-28(35)33(4,5)19-18-23(2)31(36)34(38)21-24(3)30(27(34)20-22)39-32(37)29(25-12-8-6-9-13-25)26-14-10-7-11-15-26/h6-15,18,20,24,27,29-30,38H,16-17,19,21H2,1-5H3/b22-20+,23-18+/t24-,27-,30+,34+/m0/s1. The lowest BCUT2D eigenvalue weighted by Gasteiger charge is -2.32. The smallest absolute Gasteiger partial charge is 0.318 e. The van der Waals surface area contributed by atoms with Gasteiger partial charge in [-0.2, -0.15) is 0 Å². The van der Waals surface area contributed by atoms with Gasteiger partial charge in [0.05, 0.1) is 5.92 Å². The lowest BCUT2D eigenvalue weighted by molar-refractivity contribution is -0.156. The Balaban J connectivity index is 1.72. The number of ether oxygens (including phenoxy) is 1. The number of fused-ring (bicyclic) bond motifs is 1. The number of allylic oxidation sites excluding steroid dienone is 2. The minimum Gasteiger partial charge on any atom is -0.461 e. The van der Waals surface area contributed by atoms with Gasteiger partial charge in [0.15, 0.2) is 5.78 Å². The number of Topliss-reactive ketones (excluding diaryl/α,β-unsaturated/α-hetero) is 2. The first-order valence-electron chi connectivity index (χ1n) is 13.9. The maximum absolute atomic E-state index is 13.9. The van der Waals surface area contributed by atoms with Crippen LogP contribution in [0.4, 0.5) is 0 Å². The van der Waals surface area contributed by atoms with E-state index in [9.17, 15) is 19.5 Å². The van der Waals surface area contributed by atoms with Crippen LogP contribution in [0.1, 0.15) is 77.3 Å². The van der Waals surface area contributed by atoms with Crippen molar-refractivity contribution < 1.29 is 24.2 Å². The molecule has 4 atom stereocenters. The predicted molar refractivity (Wildman–Crippen MR) is 152 cm³/mol. The van der Waals surface area contributed by atoms with Gasteiger partial charge >= 0.3 is 5.97 Å². The Hall–Kier alpha value is -3.31. The minimum absolute atomic E-state index is 0.138. The third-order valence-electron chi connectivity index (χ3n) is 8.49. The molecule has 5 nitrogen and oxygen atoms in total. The summed E-state index contributed by atoms with van der Waals surface area (Å²) in [4.78, 5) is 40.5. The third kappa shape index (κ3) is 5.99. The number of ketones is 2. The Morgan fingerprint density at radius 2 is 1.51 bits per heavy atom. The number of carbonyl (C=O) groups excluding carboxylic acids is 3.